The topological polar surface area (TPSA) is 158 Å². The lowest BCUT2D eigenvalue weighted by atomic mass is 9.81. The van der Waals surface area contributed by atoms with Gasteiger partial charge in [0.05, 0.1) is 12.2 Å². The first-order chi connectivity index (χ1) is 22.3. The first kappa shape index (κ1) is 31.7. The Labute approximate surface area is 272 Å². The molecule has 1 saturated heterocycles. The number of nitriles is 1. The Kier molecular flexibility index (Phi) is 9.37. The van der Waals surface area contributed by atoms with Gasteiger partial charge in [0.15, 0.2) is 23.0 Å². The lowest BCUT2D eigenvalue weighted by molar-refractivity contribution is 0.0519. The minimum Gasteiger partial charge on any atom is -0.473 e. The van der Waals surface area contributed by atoms with E-state index >= 15 is 0 Å². The molecule has 1 fully saturated rings. The van der Waals surface area contributed by atoms with Crippen molar-refractivity contribution < 1.29 is 18.8 Å². The number of likely N-dealkylation sites (tertiary alicyclic amines) is 1. The minimum absolute atomic E-state index is 0.127. The molecule has 242 valence electrons. The van der Waals surface area contributed by atoms with Gasteiger partial charge in [0.2, 0.25) is 5.88 Å². The predicted molar refractivity (Wildman–Crippen MR) is 173 cm³/mol. The number of rotatable bonds is 11. The maximum Gasteiger partial charge on any atom is 0.358 e. The van der Waals surface area contributed by atoms with E-state index in [9.17, 15) is 10.1 Å². The lowest BCUT2D eigenvalue weighted by Gasteiger charge is -2.26. The zero-order chi connectivity index (χ0) is 32.4. The number of hydrogen-bond donors (Lipinski definition) is 1. The van der Waals surface area contributed by atoms with Crippen LogP contribution in [0.3, 0.4) is 0 Å². The quantitative estimate of drug-likeness (QED) is 0.200. The molecule has 46 heavy (non-hydrogen) atoms. The number of anilines is 1. The second-order valence-corrected chi connectivity index (χ2v) is 13.1. The van der Waals surface area contributed by atoms with E-state index in [0.717, 1.165) is 73.3 Å². The highest BCUT2D eigenvalue weighted by Gasteiger charge is 2.35. The number of carbonyl (C=O) groups is 1. The standard InChI is InChI=1S/C33H40N8O4S/c1-5-7-10-21-29(39-45-30(21)20-11-8-13-25-28(20)22(18-34)31(35)46-25)32-36-26(41-16-14-23(38-41)33(42)43-6-2)17-27(37-32)44-19(3)24-12-9-15-40(24)4/h14,16-17,19-20,24H,5-13,15,35H2,1-4H3/t19-,20-,24-/m0/s1. The first-order valence-corrected chi connectivity index (χ1v) is 16.9. The summed E-state index contributed by atoms with van der Waals surface area (Å²) in [7, 11) is 2.11. The molecular formula is C33H40N8O4S. The number of hydrogen-bond acceptors (Lipinski definition) is 12. The Bertz CT molecular complexity index is 1750. The second-order valence-electron chi connectivity index (χ2n) is 12.0. The number of thiophene rings is 1. The van der Waals surface area contributed by atoms with E-state index in [2.05, 4.69) is 42.1 Å². The van der Waals surface area contributed by atoms with E-state index in [-0.39, 0.29) is 30.4 Å². The van der Waals surface area contributed by atoms with Crippen LogP contribution in [0.15, 0.2) is 22.9 Å². The highest BCUT2D eigenvalue weighted by molar-refractivity contribution is 7.16. The molecule has 0 saturated carbocycles. The molecule has 2 aliphatic rings. The van der Waals surface area contributed by atoms with Crippen LogP contribution < -0.4 is 10.5 Å². The summed E-state index contributed by atoms with van der Waals surface area (Å²) in [5.74, 6) is 1.24. The van der Waals surface area contributed by atoms with Crippen LogP contribution in [-0.4, -0.2) is 68.1 Å². The number of likely N-dealkylation sites (N-methyl/N-ethyl adjacent to an activating group) is 1. The highest BCUT2D eigenvalue weighted by Crippen LogP contribution is 2.47. The summed E-state index contributed by atoms with van der Waals surface area (Å²) in [6.45, 7) is 7.23. The average Bonchev–Trinajstić information content (AvgIpc) is 3.85. The Balaban J connectivity index is 1.45. The van der Waals surface area contributed by atoms with Gasteiger partial charge in [0.1, 0.15) is 22.9 Å². The Morgan fingerprint density at radius 2 is 2.13 bits per heavy atom. The number of nitrogens with two attached hydrogens (primary N) is 1. The molecule has 4 aromatic rings. The van der Waals surface area contributed by atoms with Gasteiger partial charge in [-0.25, -0.2) is 14.5 Å². The third-order valence-electron chi connectivity index (χ3n) is 8.96. The van der Waals surface area contributed by atoms with Gasteiger partial charge in [-0.15, -0.1) is 11.3 Å². The molecular weight excluding hydrogens is 604 g/mol. The fraction of sp³-hybridized carbons (Fsp3) is 0.515. The van der Waals surface area contributed by atoms with Crippen LogP contribution in [0, 0.1) is 11.3 Å². The van der Waals surface area contributed by atoms with Crippen LogP contribution >= 0.6 is 11.3 Å². The third kappa shape index (κ3) is 6.11. The van der Waals surface area contributed by atoms with Crippen molar-refractivity contribution in [1.82, 2.24) is 29.8 Å². The van der Waals surface area contributed by atoms with Crippen molar-refractivity contribution in [2.75, 3.05) is 25.9 Å². The number of nitrogens with zero attached hydrogens (tertiary/aromatic N) is 7. The largest absolute Gasteiger partial charge is 0.473 e. The van der Waals surface area contributed by atoms with Gasteiger partial charge >= 0.3 is 5.97 Å². The van der Waals surface area contributed by atoms with Crippen LogP contribution in [0.1, 0.15) is 103 Å². The zero-order valence-electron chi connectivity index (χ0n) is 26.8. The molecule has 2 N–H and O–H groups in total. The molecule has 0 amide bonds. The summed E-state index contributed by atoms with van der Waals surface area (Å²) in [5.41, 5.74) is 9.42. The minimum atomic E-state index is -0.509. The number of unbranched alkanes of at least 4 members (excludes halogenated alkanes) is 1. The molecule has 0 bridgehead atoms. The SMILES string of the molecule is CCCCc1c(-c2nc(O[C@@H](C)[C@@H]3CCCN3C)cc(-n3ccc(C(=O)OCC)n3)n2)noc1[C@H]1CCCc2sc(N)c(C#N)c21. The van der Waals surface area contributed by atoms with E-state index in [0.29, 0.717) is 40.2 Å². The molecule has 1 aliphatic carbocycles. The van der Waals surface area contributed by atoms with Gasteiger partial charge in [-0.05, 0) is 84.0 Å². The van der Waals surface area contributed by atoms with Crippen LogP contribution in [-0.2, 0) is 17.6 Å². The third-order valence-corrected chi connectivity index (χ3v) is 10.1. The molecule has 12 nitrogen and oxygen atoms in total. The van der Waals surface area contributed by atoms with Crippen LogP contribution in [0.4, 0.5) is 5.00 Å². The van der Waals surface area contributed by atoms with Crippen molar-refractivity contribution in [2.45, 2.75) is 90.2 Å². The summed E-state index contributed by atoms with van der Waals surface area (Å²) in [5, 5.41) is 19.5. The Morgan fingerprint density at radius 3 is 2.87 bits per heavy atom. The summed E-state index contributed by atoms with van der Waals surface area (Å²) >= 11 is 1.50. The molecule has 0 unspecified atom stereocenters. The summed E-state index contributed by atoms with van der Waals surface area (Å²) in [4.78, 5) is 25.6. The molecule has 5 heterocycles. The first-order valence-electron chi connectivity index (χ1n) is 16.1. The fourth-order valence-electron chi connectivity index (χ4n) is 6.68. The molecule has 13 heteroatoms. The molecule has 0 spiro atoms. The average molecular weight is 645 g/mol. The van der Waals surface area contributed by atoms with E-state index in [1.54, 1.807) is 25.3 Å². The summed E-state index contributed by atoms with van der Waals surface area (Å²) in [6, 6.07) is 5.91. The fourth-order valence-corrected chi connectivity index (χ4v) is 7.80. The normalized spacial score (nSPS) is 18.7. The monoisotopic (exact) mass is 644 g/mol. The zero-order valence-corrected chi connectivity index (χ0v) is 27.6. The number of nitrogen functional groups attached to an aromatic ring is 1. The van der Waals surface area contributed by atoms with Crippen molar-refractivity contribution in [3.05, 3.63) is 51.4 Å². The van der Waals surface area contributed by atoms with Crippen molar-refractivity contribution in [3.63, 3.8) is 0 Å². The highest BCUT2D eigenvalue weighted by atomic mass is 32.1. The Hall–Kier alpha value is -4.28. The van der Waals surface area contributed by atoms with E-state index < -0.39 is 5.97 Å². The molecule has 0 radical (unpaired) electrons. The molecule has 6 rings (SSSR count). The number of carbonyl (C=O) groups excluding carboxylic acids is 1. The van der Waals surface area contributed by atoms with E-state index in [1.165, 1.54) is 16.0 Å². The maximum atomic E-state index is 12.4. The van der Waals surface area contributed by atoms with Gasteiger partial charge in [-0.1, -0.05) is 18.5 Å². The second kappa shape index (κ2) is 13.6. The number of ether oxygens (including phenoxy) is 2. The smallest absolute Gasteiger partial charge is 0.358 e. The van der Waals surface area contributed by atoms with Crippen LogP contribution in [0.2, 0.25) is 0 Å². The molecule has 1 aliphatic heterocycles. The van der Waals surface area contributed by atoms with Crippen molar-refractivity contribution in [2.24, 2.45) is 0 Å². The van der Waals surface area contributed by atoms with Crippen LogP contribution in [0.5, 0.6) is 5.88 Å². The van der Waals surface area contributed by atoms with Crippen molar-refractivity contribution >= 4 is 22.3 Å². The van der Waals surface area contributed by atoms with Gasteiger partial charge in [-0.2, -0.15) is 15.3 Å². The molecule has 0 aromatic carbocycles. The van der Waals surface area contributed by atoms with E-state index in [4.69, 9.17) is 29.7 Å². The Morgan fingerprint density at radius 1 is 1.28 bits per heavy atom. The molecule has 4 aromatic heterocycles. The van der Waals surface area contributed by atoms with E-state index in [1.807, 2.05) is 0 Å². The lowest BCUT2D eigenvalue weighted by Crippen LogP contribution is -2.38. The number of aryl methyl sites for hydroxylation is 1. The number of esters is 1. The van der Waals surface area contributed by atoms with Crippen LogP contribution in [0.25, 0.3) is 17.3 Å². The van der Waals surface area contributed by atoms with Gasteiger partial charge in [-0.3, -0.25) is 4.90 Å². The van der Waals surface area contributed by atoms with Gasteiger partial charge in [0.25, 0.3) is 0 Å². The van der Waals surface area contributed by atoms with Crippen molar-refractivity contribution in [3.8, 4) is 29.3 Å². The summed E-state index contributed by atoms with van der Waals surface area (Å²) < 4.78 is 19.3. The van der Waals surface area contributed by atoms with Crippen molar-refractivity contribution in [1.29, 1.82) is 5.26 Å². The number of aromatic nitrogens is 5. The predicted octanol–water partition coefficient (Wildman–Crippen LogP) is 5.68. The van der Waals surface area contributed by atoms with Gasteiger partial charge in [0, 0.05) is 34.7 Å². The number of fused-ring (bicyclic) bond motifs is 1. The summed E-state index contributed by atoms with van der Waals surface area (Å²) in [6.07, 6.45) is 8.98. The molecule has 3 atom stereocenters. The maximum absolute atomic E-state index is 12.4. The van der Waals surface area contributed by atoms with Gasteiger partial charge < -0.3 is 19.7 Å².